The zero-order valence-electron chi connectivity index (χ0n) is 10.3. The van der Waals surface area contributed by atoms with Crippen molar-refractivity contribution in [1.82, 2.24) is 0 Å². The first-order valence-electron chi connectivity index (χ1n) is 6.31. The molecular weight excluding hydrogens is 239 g/mol. The lowest BCUT2D eigenvalue weighted by Gasteiger charge is -2.27. The number of rotatable bonds is 3. The van der Waals surface area contributed by atoms with Crippen LogP contribution in [0.5, 0.6) is 0 Å². The molecule has 100 valence electrons. The minimum atomic E-state index is -4.25. The van der Waals surface area contributed by atoms with Gasteiger partial charge in [-0.2, -0.15) is 13.2 Å². The molecule has 1 nitrogen and oxygen atoms in total. The molecule has 1 aliphatic rings. The molecule has 1 saturated carbocycles. The molecular formula is C14H18F3N. The molecule has 0 radical (unpaired) electrons. The molecule has 2 rings (SSSR count). The normalized spacial score (nSPS) is 19.1. The molecule has 0 heterocycles. The van der Waals surface area contributed by atoms with Gasteiger partial charge in [0, 0.05) is 0 Å². The summed E-state index contributed by atoms with van der Waals surface area (Å²) in [5.74, 6) is 0. The minimum Gasteiger partial charge on any atom is -0.330 e. The fraction of sp³-hybridized carbons (Fsp3) is 0.571. The quantitative estimate of drug-likeness (QED) is 0.876. The van der Waals surface area contributed by atoms with Gasteiger partial charge in [0.1, 0.15) is 0 Å². The van der Waals surface area contributed by atoms with Crippen LogP contribution in [-0.4, -0.2) is 6.54 Å². The summed E-state index contributed by atoms with van der Waals surface area (Å²) in [7, 11) is 0. The van der Waals surface area contributed by atoms with Crippen LogP contribution in [0.2, 0.25) is 0 Å². The molecule has 0 aromatic heterocycles. The van der Waals surface area contributed by atoms with E-state index in [0.29, 0.717) is 6.54 Å². The highest BCUT2D eigenvalue weighted by Gasteiger charge is 2.33. The third-order valence-electron chi connectivity index (χ3n) is 3.96. The molecule has 1 fully saturated rings. The Labute approximate surface area is 105 Å². The highest BCUT2D eigenvalue weighted by molar-refractivity contribution is 5.25. The van der Waals surface area contributed by atoms with Crippen LogP contribution in [-0.2, 0) is 12.6 Å². The summed E-state index contributed by atoms with van der Waals surface area (Å²) >= 11 is 0. The van der Waals surface area contributed by atoms with Crippen LogP contribution in [0.15, 0.2) is 24.3 Å². The van der Waals surface area contributed by atoms with Crippen molar-refractivity contribution >= 4 is 0 Å². The second kappa shape index (κ2) is 4.92. The lowest BCUT2D eigenvalue weighted by Crippen LogP contribution is -2.29. The fourth-order valence-electron chi connectivity index (χ4n) is 2.82. The summed E-state index contributed by atoms with van der Waals surface area (Å²) in [6.45, 7) is 0.619. The number of hydrogen-bond acceptors (Lipinski definition) is 1. The van der Waals surface area contributed by atoms with E-state index in [0.717, 1.165) is 37.0 Å². The summed E-state index contributed by atoms with van der Waals surface area (Å²) in [6.07, 6.45) is 1.07. The van der Waals surface area contributed by atoms with Crippen molar-refractivity contribution in [3.05, 3.63) is 35.4 Å². The van der Waals surface area contributed by atoms with Crippen LogP contribution >= 0.6 is 0 Å². The van der Waals surface area contributed by atoms with Crippen LogP contribution in [0.4, 0.5) is 13.2 Å². The van der Waals surface area contributed by atoms with Crippen LogP contribution in [0, 0.1) is 5.41 Å². The Balaban J connectivity index is 2.11. The third-order valence-corrected chi connectivity index (χ3v) is 3.96. The van der Waals surface area contributed by atoms with E-state index in [4.69, 9.17) is 5.73 Å². The van der Waals surface area contributed by atoms with Crippen LogP contribution < -0.4 is 5.73 Å². The van der Waals surface area contributed by atoms with Crippen LogP contribution in [0.3, 0.4) is 0 Å². The predicted molar refractivity (Wildman–Crippen MR) is 65.1 cm³/mol. The molecule has 0 bridgehead atoms. The first-order valence-corrected chi connectivity index (χ1v) is 6.31. The first-order chi connectivity index (χ1) is 8.45. The number of nitrogens with two attached hydrogens (primary N) is 1. The van der Waals surface area contributed by atoms with Gasteiger partial charge in [-0.25, -0.2) is 0 Å². The molecule has 0 saturated heterocycles. The van der Waals surface area contributed by atoms with Crippen molar-refractivity contribution in [2.45, 2.75) is 38.3 Å². The van der Waals surface area contributed by atoms with Crippen molar-refractivity contribution in [2.75, 3.05) is 6.54 Å². The maximum atomic E-state index is 12.4. The summed E-state index contributed by atoms with van der Waals surface area (Å²) < 4.78 is 37.3. The molecule has 0 spiro atoms. The predicted octanol–water partition coefficient (Wildman–Crippen LogP) is 3.77. The third kappa shape index (κ3) is 2.86. The van der Waals surface area contributed by atoms with Crippen molar-refractivity contribution < 1.29 is 13.2 Å². The van der Waals surface area contributed by atoms with Gasteiger partial charge in [0.25, 0.3) is 0 Å². The molecule has 1 aliphatic carbocycles. The van der Waals surface area contributed by atoms with E-state index >= 15 is 0 Å². The maximum absolute atomic E-state index is 12.4. The average Bonchev–Trinajstić information content (AvgIpc) is 2.78. The molecule has 2 N–H and O–H groups in total. The SMILES string of the molecule is NCC1(Cc2ccc(C(F)(F)F)cc2)CCCC1. The molecule has 1 aromatic carbocycles. The van der Waals surface area contributed by atoms with E-state index in [1.165, 1.54) is 12.8 Å². The average molecular weight is 257 g/mol. The number of alkyl halides is 3. The maximum Gasteiger partial charge on any atom is 0.416 e. The highest BCUT2D eigenvalue weighted by atomic mass is 19.4. The molecule has 1 aromatic rings. The smallest absolute Gasteiger partial charge is 0.330 e. The molecule has 0 atom stereocenters. The summed E-state index contributed by atoms with van der Waals surface area (Å²) in [4.78, 5) is 0. The topological polar surface area (TPSA) is 26.0 Å². The van der Waals surface area contributed by atoms with Gasteiger partial charge < -0.3 is 5.73 Å². The van der Waals surface area contributed by atoms with Crippen molar-refractivity contribution in [3.8, 4) is 0 Å². The van der Waals surface area contributed by atoms with E-state index in [1.807, 2.05) is 0 Å². The Morgan fingerprint density at radius 1 is 1.06 bits per heavy atom. The van der Waals surface area contributed by atoms with Gasteiger partial charge in [0.05, 0.1) is 5.56 Å². The number of hydrogen-bond donors (Lipinski definition) is 1. The lowest BCUT2D eigenvalue weighted by molar-refractivity contribution is -0.137. The fourth-order valence-corrected chi connectivity index (χ4v) is 2.82. The lowest BCUT2D eigenvalue weighted by atomic mass is 9.80. The van der Waals surface area contributed by atoms with E-state index in [1.54, 1.807) is 12.1 Å². The molecule has 18 heavy (non-hydrogen) atoms. The van der Waals surface area contributed by atoms with Gasteiger partial charge in [-0.15, -0.1) is 0 Å². The second-order valence-electron chi connectivity index (χ2n) is 5.28. The largest absolute Gasteiger partial charge is 0.416 e. The standard InChI is InChI=1S/C14H18F3N/c15-14(16,17)12-5-3-11(4-6-12)9-13(10-18)7-1-2-8-13/h3-6H,1-2,7-10,18H2. The van der Waals surface area contributed by atoms with Crippen LogP contribution in [0.25, 0.3) is 0 Å². The van der Waals surface area contributed by atoms with E-state index in [2.05, 4.69) is 0 Å². The van der Waals surface area contributed by atoms with Gasteiger partial charge in [0.2, 0.25) is 0 Å². The van der Waals surface area contributed by atoms with Crippen molar-refractivity contribution in [1.29, 1.82) is 0 Å². The van der Waals surface area contributed by atoms with Crippen molar-refractivity contribution in [2.24, 2.45) is 11.1 Å². The molecule has 0 unspecified atom stereocenters. The van der Waals surface area contributed by atoms with Crippen LogP contribution in [0.1, 0.15) is 36.8 Å². The second-order valence-corrected chi connectivity index (χ2v) is 5.28. The van der Waals surface area contributed by atoms with Gasteiger partial charge in [0.15, 0.2) is 0 Å². The number of halogens is 3. The zero-order chi connectivity index (χ0) is 13.2. The Hall–Kier alpha value is -1.03. The van der Waals surface area contributed by atoms with Gasteiger partial charge >= 0.3 is 6.18 Å². The summed E-state index contributed by atoms with van der Waals surface area (Å²) in [5, 5.41) is 0. The van der Waals surface area contributed by atoms with Gasteiger partial charge in [-0.3, -0.25) is 0 Å². The van der Waals surface area contributed by atoms with Gasteiger partial charge in [-0.05, 0) is 48.9 Å². The Morgan fingerprint density at radius 2 is 1.61 bits per heavy atom. The minimum absolute atomic E-state index is 0.111. The summed E-state index contributed by atoms with van der Waals surface area (Å²) in [6, 6.07) is 5.49. The Bertz CT molecular complexity index is 388. The van der Waals surface area contributed by atoms with E-state index < -0.39 is 11.7 Å². The van der Waals surface area contributed by atoms with Crippen molar-refractivity contribution in [3.63, 3.8) is 0 Å². The van der Waals surface area contributed by atoms with Gasteiger partial charge in [-0.1, -0.05) is 25.0 Å². The molecule has 0 aliphatic heterocycles. The number of benzene rings is 1. The summed E-state index contributed by atoms with van der Waals surface area (Å²) in [5.41, 5.74) is 6.32. The molecule has 4 heteroatoms. The Morgan fingerprint density at radius 3 is 2.06 bits per heavy atom. The van der Waals surface area contributed by atoms with E-state index in [-0.39, 0.29) is 5.41 Å². The Kier molecular flexibility index (Phi) is 3.66. The molecule has 0 amide bonds. The zero-order valence-corrected chi connectivity index (χ0v) is 10.3. The monoisotopic (exact) mass is 257 g/mol. The highest BCUT2D eigenvalue weighted by Crippen LogP contribution is 2.40. The first kappa shape index (κ1) is 13.4. The van der Waals surface area contributed by atoms with E-state index in [9.17, 15) is 13.2 Å².